The lowest BCUT2D eigenvalue weighted by Crippen LogP contribution is -2.30. The first kappa shape index (κ1) is 15.8. The molecule has 0 fully saturated rings. The Hall–Kier alpha value is -2.57. The van der Waals surface area contributed by atoms with Crippen LogP contribution in [0.1, 0.15) is 12.0 Å². The van der Waals surface area contributed by atoms with E-state index >= 15 is 0 Å². The van der Waals surface area contributed by atoms with Crippen molar-refractivity contribution in [3.8, 4) is 0 Å². The molecule has 0 aromatic heterocycles. The van der Waals surface area contributed by atoms with Crippen molar-refractivity contribution in [2.75, 3.05) is 5.43 Å². The van der Waals surface area contributed by atoms with Gasteiger partial charge >= 0.3 is 0 Å². The van der Waals surface area contributed by atoms with Gasteiger partial charge < -0.3 is 0 Å². The SMILES string of the molecule is O=C(CCc1ccccc1)NNc1c(F)c(F)cc(F)c1F. The van der Waals surface area contributed by atoms with Crippen molar-refractivity contribution in [3.05, 3.63) is 65.2 Å². The average Bonchev–Trinajstić information content (AvgIpc) is 2.52. The van der Waals surface area contributed by atoms with Crippen LogP contribution in [-0.4, -0.2) is 5.91 Å². The van der Waals surface area contributed by atoms with E-state index in [0.29, 0.717) is 6.42 Å². The minimum atomic E-state index is -1.61. The fourth-order valence-electron chi connectivity index (χ4n) is 1.78. The Morgan fingerprint density at radius 1 is 0.955 bits per heavy atom. The summed E-state index contributed by atoms with van der Waals surface area (Å²) in [5.41, 5.74) is 3.70. The summed E-state index contributed by atoms with van der Waals surface area (Å²) in [5.74, 6) is -6.91. The van der Waals surface area contributed by atoms with Crippen molar-refractivity contribution in [1.82, 2.24) is 5.43 Å². The van der Waals surface area contributed by atoms with E-state index in [4.69, 9.17) is 0 Å². The number of aryl methyl sites for hydroxylation is 1. The van der Waals surface area contributed by atoms with E-state index < -0.39 is 34.9 Å². The monoisotopic (exact) mass is 312 g/mol. The maximum Gasteiger partial charge on any atom is 0.238 e. The van der Waals surface area contributed by atoms with Crippen molar-refractivity contribution in [2.45, 2.75) is 12.8 Å². The van der Waals surface area contributed by atoms with E-state index in [1.54, 1.807) is 0 Å². The Morgan fingerprint density at radius 2 is 1.55 bits per heavy atom. The maximum absolute atomic E-state index is 13.3. The number of amides is 1. The first-order valence-electron chi connectivity index (χ1n) is 6.41. The fourth-order valence-corrected chi connectivity index (χ4v) is 1.78. The Bertz CT molecular complexity index is 651. The summed E-state index contributed by atoms with van der Waals surface area (Å²) in [6.45, 7) is 0. The largest absolute Gasteiger partial charge is 0.293 e. The van der Waals surface area contributed by atoms with Crippen LogP contribution in [0.25, 0.3) is 0 Å². The lowest BCUT2D eigenvalue weighted by Gasteiger charge is -2.11. The molecule has 2 aromatic rings. The average molecular weight is 312 g/mol. The topological polar surface area (TPSA) is 41.1 Å². The molecule has 0 aliphatic heterocycles. The number of carbonyl (C=O) groups is 1. The van der Waals surface area contributed by atoms with Gasteiger partial charge in [0.25, 0.3) is 0 Å². The molecule has 0 aliphatic carbocycles. The second kappa shape index (κ2) is 6.93. The van der Waals surface area contributed by atoms with Crippen molar-refractivity contribution in [2.24, 2.45) is 0 Å². The van der Waals surface area contributed by atoms with Crippen molar-refractivity contribution < 1.29 is 22.4 Å². The van der Waals surface area contributed by atoms with Crippen LogP contribution in [0.4, 0.5) is 23.2 Å². The number of carbonyl (C=O) groups excluding carboxylic acids is 1. The Kier molecular flexibility index (Phi) is 4.98. The van der Waals surface area contributed by atoms with Crippen LogP contribution in [0, 0.1) is 23.3 Å². The van der Waals surface area contributed by atoms with Gasteiger partial charge in [-0.15, -0.1) is 0 Å². The number of hydrazine groups is 1. The van der Waals surface area contributed by atoms with Gasteiger partial charge in [0.2, 0.25) is 5.91 Å². The highest BCUT2D eigenvalue weighted by Gasteiger charge is 2.19. The molecule has 7 heteroatoms. The second-order valence-electron chi connectivity index (χ2n) is 4.50. The summed E-state index contributed by atoms with van der Waals surface area (Å²) in [5, 5.41) is 0. The van der Waals surface area contributed by atoms with E-state index in [2.05, 4.69) is 0 Å². The number of rotatable bonds is 5. The highest BCUT2D eigenvalue weighted by molar-refractivity contribution is 5.77. The van der Waals surface area contributed by atoms with Crippen LogP contribution in [0.2, 0.25) is 0 Å². The molecule has 0 saturated heterocycles. The number of anilines is 1. The molecule has 2 rings (SSSR count). The zero-order valence-electron chi connectivity index (χ0n) is 11.3. The molecule has 0 radical (unpaired) electrons. The summed E-state index contributed by atoms with van der Waals surface area (Å²) < 4.78 is 52.7. The third-order valence-electron chi connectivity index (χ3n) is 2.92. The van der Waals surface area contributed by atoms with Crippen LogP contribution in [0.15, 0.2) is 36.4 Å². The van der Waals surface area contributed by atoms with E-state index in [1.807, 2.05) is 41.2 Å². The third-order valence-corrected chi connectivity index (χ3v) is 2.92. The smallest absolute Gasteiger partial charge is 0.238 e. The normalized spacial score (nSPS) is 10.4. The van der Waals surface area contributed by atoms with Gasteiger partial charge in [-0.2, -0.15) is 0 Å². The number of halogens is 4. The van der Waals surface area contributed by atoms with Crippen molar-refractivity contribution >= 4 is 11.6 Å². The Labute approximate surface area is 123 Å². The molecular weight excluding hydrogens is 300 g/mol. The van der Waals surface area contributed by atoms with Crippen LogP contribution in [-0.2, 0) is 11.2 Å². The molecular formula is C15H12F4N2O. The lowest BCUT2D eigenvalue weighted by atomic mass is 10.1. The van der Waals surface area contributed by atoms with Gasteiger partial charge in [-0.3, -0.25) is 15.6 Å². The quantitative estimate of drug-likeness (QED) is 0.505. The number of nitrogens with one attached hydrogen (secondary N) is 2. The predicted molar refractivity (Wildman–Crippen MR) is 72.8 cm³/mol. The molecule has 0 bridgehead atoms. The molecule has 1 amide bonds. The van der Waals surface area contributed by atoms with Crippen LogP contribution >= 0.6 is 0 Å². The van der Waals surface area contributed by atoms with E-state index in [1.165, 1.54) is 0 Å². The summed E-state index contributed by atoms with van der Waals surface area (Å²) >= 11 is 0. The van der Waals surface area contributed by atoms with E-state index in [0.717, 1.165) is 5.56 Å². The van der Waals surface area contributed by atoms with Crippen molar-refractivity contribution in [3.63, 3.8) is 0 Å². The lowest BCUT2D eigenvalue weighted by molar-refractivity contribution is -0.120. The molecule has 0 unspecified atom stereocenters. The minimum Gasteiger partial charge on any atom is -0.293 e. The number of hydrogen-bond donors (Lipinski definition) is 2. The molecule has 22 heavy (non-hydrogen) atoms. The molecule has 0 heterocycles. The molecule has 2 N–H and O–H groups in total. The van der Waals surface area contributed by atoms with Crippen molar-refractivity contribution in [1.29, 1.82) is 0 Å². The maximum atomic E-state index is 13.3. The van der Waals surface area contributed by atoms with Crippen LogP contribution in [0.3, 0.4) is 0 Å². The van der Waals surface area contributed by atoms with Gasteiger partial charge in [0, 0.05) is 12.5 Å². The third kappa shape index (κ3) is 3.75. The molecule has 2 aromatic carbocycles. The fraction of sp³-hybridized carbons (Fsp3) is 0.133. The zero-order chi connectivity index (χ0) is 16.1. The van der Waals surface area contributed by atoms with Gasteiger partial charge in [0.05, 0.1) is 0 Å². The number of benzene rings is 2. The van der Waals surface area contributed by atoms with Gasteiger partial charge in [0.15, 0.2) is 23.3 Å². The Morgan fingerprint density at radius 3 is 2.14 bits per heavy atom. The van der Waals surface area contributed by atoms with E-state index in [-0.39, 0.29) is 12.5 Å². The number of hydrogen-bond acceptors (Lipinski definition) is 2. The molecule has 0 spiro atoms. The molecule has 0 aliphatic rings. The van der Waals surface area contributed by atoms with E-state index in [9.17, 15) is 22.4 Å². The first-order valence-corrected chi connectivity index (χ1v) is 6.41. The summed E-state index contributed by atoms with van der Waals surface area (Å²) in [6.07, 6.45) is 0.453. The van der Waals surface area contributed by atoms with Gasteiger partial charge in [-0.05, 0) is 12.0 Å². The predicted octanol–water partition coefficient (Wildman–Crippen LogP) is 3.32. The molecule has 0 saturated carbocycles. The highest BCUT2D eigenvalue weighted by Crippen LogP contribution is 2.23. The first-order chi connectivity index (χ1) is 10.5. The Balaban J connectivity index is 1.94. The van der Waals surface area contributed by atoms with Gasteiger partial charge in [0.1, 0.15) is 5.69 Å². The second-order valence-corrected chi connectivity index (χ2v) is 4.50. The molecule has 0 atom stereocenters. The van der Waals surface area contributed by atoms with Crippen LogP contribution in [0.5, 0.6) is 0 Å². The summed E-state index contributed by atoms with van der Waals surface area (Å²) in [4.78, 5) is 11.6. The summed E-state index contributed by atoms with van der Waals surface area (Å²) in [6, 6.07) is 9.18. The minimum absolute atomic E-state index is 0.0397. The highest BCUT2D eigenvalue weighted by atomic mass is 19.2. The standard InChI is InChI=1S/C15H12F4N2O/c16-10-8-11(17)14(19)15(13(10)18)21-20-12(22)7-6-9-4-2-1-3-5-9/h1-5,8,21H,6-7H2,(H,20,22). The molecule has 3 nitrogen and oxygen atoms in total. The molecule has 116 valence electrons. The van der Waals surface area contributed by atoms with Gasteiger partial charge in [-0.1, -0.05) is 30.3 Å². The van der Waals surface area contributed by atoms with Crippen LogP contribution < -0.4 is 10.9 Å². The zero-order valence-corrected chi connectivity index (χ0v) is 11.3. The van der Waals surface area contributed by atoms with Gasteiger partial charge in [-0.25, -0.2) is 17.6 Å². The summed E-state index contributed by atoms with van der Waals surface area (Å²) in [7, 11) is 0.